The summed E-state index contributed by atoms with van der Waals surface area (Å²) in [6.45, 7) is 5.07. The van der Waals surface area contributed by atoms with Gasteiger partial charge in [0.25, 0.3) is 0 Å². The van der Waals surface area contributed by atoms with E-state index in [-0.39, 0.29) is 34.1 Å². The van der Waals surface area contributed by atoms with E-state index in [1.165, 1.54) is 25.1 Å². The number of nitrogens with zero attached hydrogens (tertiary/aromatic N) is 1. The van der Waals surface area contributed by atoms with Crippen LogP contribution in [-0.2, 0) is 4.79 Å². The number of ether oxygens (including phenoxy) is 1. The molecule has 0 spiro atoms. The van der Waals surface area contributed by atoms with E-state index in [4.69, 9.17) is 16.3 Å². The molecule has 142 valence electrons. The predicted molar refractivity (Wildman–Crippen MR) is 102 cm³/mol. The summed E-state index contributed by atoms with van der Waals surface area (Å²) < 4.78 is 5.48. The molecule has 0 unspecified atom stereocenters. The molecule has 1 atom stereocenters. The zero-order chi connectivity index (χ0) is 20.1. The Labute approximate surface area is 161 Å². The zero-order valence-corrected chi connectivity index (χ0v) is 15.8. The van der Waals surface area contributed by atoms with Crippen molar-refractivity contribution in [1.82, 2.24) is 0 Å². The van der Waals surface area contributed by atoms with Crippen LogP contribution in [0, 0.1) is 16.0 Å². The molecule has 0 saturated heterocycles. The van der Waals surface area contributed by atoms with Crippen molar-refractivity contribution in [1.29, 1.82) is 0 Å². The van der Waals surface area contributed by atoms with Crippen LogP contribution in [0.4, 0.5) is 11.4 Å². The second kappa shape index (κ2) is 8.64. The summed E-state index contributed by atoms with van der Waals surface area (Å²) in [5.41, 5.74) is 0.628. The average Bonchev–Trinajstić information content (AvgIpc) is 2.62. The number of nitrogens with one attached hydrogen (secondary N) is 1. The van der Waals surface area contributed by atoms with Crippen molar-refractivity contribution < 1.29 is 19.2 Å². The van der Waals surface area contributed by atoms with Gasteiger partial charge in [-0.15, -0.1) is 0 Å². The Morgan fingerprint density at radius 1 is 1.11 bits per heavy atom. The molecule has 7 nitrogen and oxygen atoms in total. The van der Waals surface area contributed by atoms with Gasteiger partial charge in [0.15, 0.2) is 11.9 Å². The monoisotopic (exact) mass is 390 g/mol. The minimum atomic E-state index is -0.944. The van der Waals surface area contributed by atoms with Crippen LogP contribution < -0.4 is 10.1 Å². The lowest BCUT2D eigenvalue weighted by molar-refractivity contribution is -0.386. The number of halogens is 1. The molecule has 0 fully saturated rings. The standard InChI is InChI=1S/C19H19ClN2O5/c1-11(2)19(24)21-15-7-4-13(5-8-15)18(23)12(3)27-17-9-6-14(20)10-16(17)22(25)26/h4-12H,1-3H3,(H,21,24)/t12-/m1/s1. The number of carbonyl (C=O) groups is 2. The normalized spacial score (nSPS) is 11.7. The van der Waals surface area contributed by atoms with Crippen LogP contribution in [-0.4, -0.2) is 22.7 Å². The third-order valence-electron chi connectivity index (χ3n) is 3.75. The van der Waals surface area contributed by atoms with E-state index < -0.39 is 11.0 Å². The molecule has 0 aromatic heterocycles. The second-order valence-electron chi connectivity index (χ2n) is 6.21. The Morgan fingerprint density at radius 3 is 2.30 bits per heavy atom. The first-order chi connectivity index (χ1) is 12.7. The van der Waals surface area contributed by atoms with Gasteiger partial charge in [-0.05, 0) is 43.3 Å². The Kier molecular flexibility index (Phi) is 6.52. The van der Waals surface area contributed by atoms with Crippen LogP contribution in [0.2, 0.25) is 5.02 Å². The van der Waals surface area contributed by atoms with Gasteiger partial charge in [0.2, 0.25) is 11.7 Å². The molecular formula is C19H19ClN2O5. The molecule has 0 aliphatic carbocycles. The second-order valence-corrected chi connectivity index (χ2v) is 6.65. The van der Waals surface area contributed by atoms with Gasteiger partial charge >= 0.3 is 5.69 Å². The van der Waals surface area contributed by atoms with Crippen molar-refractivity contribution in [2.24, 2.45) is 5.92 Å². The number of carbonyl (C=O) groups excluding carboxylic acids is 2. The molecule has 0 heterocycles. The van der Waals surface area contributed by atoms with Gasteiger partial charge in [-0.3, -0.25) is 19.7 Å². The molecule has 1 amide bonds. The molecule has 0 saturated carbocycles. The number of nitro groups is 1. The lowest BCUT2D eigenvalue weighted by Gasteiger charge is -2.14. The molecule has 0 bridgehead atoms. The van der Waals surface area contributed by atoms with Gasteiger partial charge < -0.3 is 10.1 Å². The molecule has 1 N–H and O–H groups in total. The van der Waals surface area contributed by atoms with E-state index in [1.54, 1.807) is 38.1 Å². The lowest BCUT2D eigenvalue weighted by Crippen LogP contribution is -2.24. The van der Waals surface area contributed by atoms with E-state index in [2.05, 4.69) is 5.32 Å². The molecule has 0 aliphatic heterocycles. The number of amides is 1. The third kappa shape index (κ3) is 5.27. The van der Waals surface area contributed by atoms with E-state index >= 15 is 0 Å². The Morgan fingerprint density at radius 2 is 1.74 bits per heavy atom. The molecule has 2 rings (SSSR count). The van der Waals surface area contributed by atoms with Crippen LogP contribution >= 0.6 is 11.6 Å². The van der Waals surface area contributed by atoms with Crippen LogP contribution in [0.3, 0.4) is 0 Å². The minimum absolute atomic E-state index is 0.0360. The van der Waals surface area contributed by atoms with Gasteiger partial charge in [-0.25, -0.2) is 0 Å². The van der Waals surface area contributed by atoms with Crippen molar-refractivity contribution in [3.8, 4) is 5.75 Å². The zero-order valence-electron chi connectivity index (χ0n) is 15.1. The van der Waals surface area contributed by atoms with Crippen LogP contribution in [0.25, 0.3) is 0 Å². The largest absolute Gasteiger partial charge is 0.475 e. The van der Waals surface area contributed by atoms with Crippen molar-refractivity contribution in [2.45, 2.75) is 26.9 Å². The van der Waals surface area contributed by atoms with Gasteiger partial charge in [0.05, 0.1) is 4.92 Å². The highest BCUT2D eigenvalue weighted by molar-refractivity contribution is 6.30. The minimum Gasteiger partial charge on any atom is -0.475 e. The summed E-state index contributed by atoms with van der Waals surface area (Å²) in [5.74, 6) is -0.664. The molecule has 0 aliphatic rings. The maximum absolute atomic E-state index is 12.5. The summed E-state index contributed by atoms with van der Waals surface area (Å²) in [4.78, 5) is 34.7. The highest BCUT2D eigenvalue weighted by Crippen LogP contribution is 2.31. The Balaban J connectivity index is 2.12. The first kappa shape index (κ1) is 20.4. The van der Waals surface area contributed by atoms with Crippen LogP contribution in [0.5, 0.6) is 5.75 Å². The number of Topliss-reactive ketones (excluding diaryl/α,β-unsaturated/α-hetero) is 1. The Hall–Kier alpha value is -2.93. The molecular weight excluding hydrogens is 372 g/mol. The molecule has 8 heteroatoms. The molecule has 2 aromatic carbocycles. The number of nitro benzene ring substituents is 1. The quantitative estimate of drug-likeness (QED) is 0.426. The van der Waals surface area contributed by atoms with Crippen molar-refractivity contribution in [3.05, 3.63) is 63.2 Å². The highest BCUT2D eigenvalue weighted by Gasteiger charge is 2.22. The number of rotatable bonds is 7. The average molecular weight is 391 g/mol. The highest BCUT2D eigenvalue weighted by atomic mass is 35.5. The van der Waals surface area contributed by atoms with E-state index in [0.717, 1.165) is 0 Å². The van der Waals surface area contributed by atoms with Crippen LogP contribution in [0.15, 0.2) is 42.5 Å². The van der Waals surface area contributed by atoms with Crippen molar-refractivity contribution in [2.75, 3.05) is 5.32 Å². The van der Waals surface area contributed by atoms with Gasteiger partial charge in [0, 0.05) is 28.3 Å². The smallest absolute Gasteiger partial charge is 0.312 e. The maximum atomic E-state index is 12.5. The summed E-state index contributed by atoms with van der Waals surface area (Å²) in [5, 5.41) is 14.1. The van der Waals surface area contributed by atoms with Gasteiger partial charge in [-0.2, -0.15) is 0 Å². The number of anilines is 1. The van der Waals surface area contributed by atoms with Crippen molar-refractivity contribution in [3.63, 3.8) is 0 Å². The topological polar surface area (TPSA) is 98.5 Å². The SMILES string of the molecule is CC(C)C(=O)Nc1ccc(C(=O)[C@@H](C)Oc2ccc(Cl)cc2[N+](=O)[O-])cc1. The summed E-state index contributed by atoms with van der Waals surface area (Å²) in [6, 6.07) is 10.3. The number of benzene rings is 2. The fraction of sp³-hybridized carbons (Fsp3) is 0.263. The molecule has 0 radical (unpaired) electrons. The first-order valence-corrected chi connectivity index (χ1v) is 8.62. The van der Waals surface area contributed by atoms with E-state index in [1.807, 2.05) is 0 Å². The first-order valence-electron chi connectivity index (χ1n) is 8.24. The third-order valence-corrected chi connectivity index (χ3v) is 3.99. The fourth-order valence-electron chi connectivity index (χ4n) is 2.22. The van der Waals surface area contributed by atoms with E-state index in [0.29, 0.717) is 11.3 Å². The molecule has 27 heavy (non-hydrogen) atoms. The van der Waals surface area contributed by atoms with Gasteiger partial charge in [-0.1, -0.05) is 25.4 Å². The van der Waals surface area contributed by atoms with Crippen LogP contribution in [0.1, 0.15) is 31.1 Å². The summed E-state index contributed by atoms with van der Waals surface area (Å²) in [7, 11) is 0. The van der Waals surface area contributed by atoms with E-state index in [9.17, 15) is 19.7 Å². The molecule has 2 aromatic rings. The Bertz CT molecular complexity index is 865. The summed E-state index contributed by atoms with van der Waals surface area (Å²) in [6.07, 6.45) is -0.944. The van der Waals surface area contributed by atoms with Crippen molar-refractivity contribution >= 4 is 34.7 Å². The fourth-order valence-corrected chi connectivity index (χ4v) is 2.38. The van der Waals surface area contributed by atoms with Gasteiger partial charge in [0.1, 0.15) is 0 Å². The predicted octanol–water partition coefficient (Wildman–Crippen LogP) is 4.49. The number of hydrogen-bond donors (Lipinski definition) is 1. The number of hydrogen-bond acceptors (Lipinski definition) is 5. The maximum Gasteiger partial charge on any atom is 0.312 e. The lowest BCUT2D eigenvalue weighted by atomic mass is 10.1. The summed E-state index contributed by atoms with van der Waals surface area (Å²) >= 11 is 5.77. The number of ketones is 1.